The quantitative estimate of drug-likeness (QED) is 0.774. The lowest BCUT2D eigenvalue weighted by Crippen LogP contribution is -2.30. The third-order valence-electron chi connectivity index (χ3n) is 3.00. The summed E-state index contributed by atoms with van der Waals surface area (Å²) >= 11 is 0. The summed E-state index contributed by atoms with van der Waals surface area (Å²) in [7, 11) is 0. The van der Waals surface area contributed by atoms with E-state index in [1.165, 1.54) is 6.07 Å². The molecule has 1 fully saturated rings. The van der Waals surface area contributed by atoms with Gasteiger partial charge in [0.25, 0.3) is 0 Å². The number of aromatic nitrogens is 1. The van der Waals surface area contributed by atoms with Crippen LogP contribution in [0.15, 0.2) is 12.3 Å². The lowest BCUT2D eigenvalue weighted by Gasteiger charge is -2.28. The highest BCUT2D eigenvalue weighted by Crippen LogP contribution is 2.33. The first-order valence-corrected chi connectivity index (χ1v) is 5.74. The molecule has 96 valence electrons. The summed E-state index contributed by atoms with van der Waals surface area (Å²) in [6.45, 7) is 1.44. The third-order valence-corrected chi connectivity index (χ3v) is 3.00. The average Bonchev–Trinajstić information content (AvgIpc) is 2.38. The maximum Gasteiger partial charge on any atom is 0.417 e. The molecule has 18 heavy (non-hydrogen) atoms. The van der Waals surface area contributed by atoms with Crippen molar-refractivity contribution in [1.29, 1.82) is 5.26 Å². The number of piperidine rings is 1. The number of nitriles is 1. The molecule has 0 aromatic carbocycles. The van der Waals surface area contributed by atoms with Crippen molar-refractivity contribution in [2.45, 2.75) is 25.4 Å². The summed E-state index contributed by atoms with van der Waals surface area (Å²) in [5.41, 5.74) is -1.33. The molecule has 0 amide bonds. The summed E-state index contributed by atoms with van der Waals surface area (Å²) in [5, 5.41) is 8.68. The maximum atomic E-state index is 12.8. The van der Waals surface area contributed by atoms with Gasteiger partial charge >= 0.3 is 6.18 Å². The second kappa shape index (κ2) is 4.84. The first kappa shape index (κ1) is 12.7. The van der Waals surface area contributed by atoms with Crippen LogP contribution in [-0.4, -0.2) is 18.1 Å². The molecule has 1 aliphatic rings. The molecule has 0 aliphatic carbocycles. The van der Waals surface area contributed by atoms with Gasteiger partial charge in [0.15, 0.2) is 0 Å². The molecule has 0 spiro atoms. The minimum atomic E-state index is -4.52. The Morgan fingerprint density at radius 2 is 1.89 bits per heavy atom. The van der Waals surface area contributed by atoms with E-state index in [4.69, 9.17) is 5.26 Å². The Balaban J connectivity index is 2.37. The van der Waals surface area contributed by atoms with Gasteiger partial charge < -0.3 is 4.90 Å². The maximum absolute atomic E-state index is 12.8. The highest BCUT2D eigenvalue weighted by atomic mass is 19.4. The van der Waals surface area contributed by atoms with E-state index in [1.807, 2.05) is 4.90 Å². The van der Waals surface area contributed by atoms with Gasteiger partial charge in [0.1, 0.15) is 11.9 Å². The van der Waals surface area contributed by atoms with E-state index in [-0.39, 0.29) is 0 Å². The van der Waals surface area contributed by atoms with Crippen molar-refractivity contribution in [3.05, 3.63) is 23.4 Å². The minimum absolute atomic E-state index is 0.307. The van der Waals surface area contributed by atoms with Crippen LogP contribution in [0.4, 0.5) is 19.0 Å². The van der Waals surface area contributed by atoms with Crippen molar-refractivity contribution >= 4 is 5.82 Å². The van der Waals surface area contributed by atoms with Crippen LogP contribution in [0.1, 0.15) is 30.4 Å². The van der Waals surface area contributed by atoms with E-state index in [9.17, 15) is 13.2 Å². The molecule has 0 N–H and O–H groups in total. The van der Waals surface area contributed by atoms with Gasteiger partial charge in [-0.2, -0.15) is 18.4 Å². The van der Waals surface area contributed by atoms with Crippen molar-refractivity contribution in [2.24, 2.45) is 0 Å². The first-order valence-electron chi connectivity index (χ1n) is 5.74. The predicted molar refractivity (Wildman–Crippen MR) is 60.0 cm³/mol. The van der Waals surface area contributed by atoms with Crippen LogP contribution in [0, 0.1) is 11.3 Å². The number of nitrogens with zero attached hydrogens (tertiary/aromatic N) is 3. The molecule has 0 bridgehead atoms. The Kier molecular flexibility index (Phi) is 3.41. The SMILES string of the molecule is N#Cc1cnc(N2CCCCC2)cc1C(F)(F)F. The molecule has 1 aromatic heterocycles. The molecular weight excluding hydrogens is 243 g/mol. The van der Waals surface area contributed by atoms with Crippen molar-refractivity contribution in [3.63, 3.8) is 0 Å². The Morgan fingerprint density at radius 1 is 1.22 bits per heavy atom. The van der Waals surface area contributed by atoms with Crippen LogP contribution < -0.4 is 4.90 Å². The summed E-state index contributed by atoms with van der Waals surface area (Å²) < 4.78 is 38.4. The monoisotopic (exact) mass is 255 g/mol. The number of rotatable bonds is 1. The molecule has 3 nitrogen and oxygen atoms in total. The second-order valence-electron chi connectivity index (χ2n) is 4.25. The summed E-state index contributed by atoms with van der Waals surface area (Å²) in [6.07, 6.45) is -0.490. The molecule has 2 rings (SSSR count). The van der Waals surface area contributed by atoms with Crippen molar-refractivity contribution < 1.29 is 13.2 Å². The molecule has 6 heteroatoms. The van der Waals surface area contributed by atoms with Gasteiger partial charge in [0.2, 0.25) is 0 Å². The normalized spacial score (nSPS) is 16.4. The Bertz CT molecular complexity index is 470. The molecule has 0 atom stereocenters. The fourth-order valence-electron chi connectivity index (χ4n) is 2.06. The van der Waals surface area contributed by atoms with E-state index in [0.29, 0.717) is 5.82 Å². The Labute approximate surface area is 103 Å². The zero-order valence-corrected chi connectivity index (χ0v) is 9.67. The molecule has 0 unspecified atom stereocenters. The lowest BCUT2D eigenvalue weighted by atomic mass is 10.1. The second-order valence-corrected chi connectivity index (χ2v) is 4.25. The highest BCUT2D eigenvalue weighted by molar-refractivity contribution is 5.48. The molecular formula is C12H12F3N3. The van der Waals surface area contributed by atoms with Crippen molar-refractivity contribution in [3.8, 4) is 6.07 Å². The predicted octanol–water partition coefficient (Wildman–Crippen LogP) is 2.96. The van der Waals surface area contributed by atoms with Gasteiger partial charge in [-0.15, -0.1) is 0 Å². The smallest absolute Gasteiger partial charge is 0.357 e. The van der Waals surface area contributed by atoms with Gasteiger partial charge in [-0.3, -0.25) is 0 Å². The van der Waals surface area contributed by atoms with Crippen LogP contribution in [0.3, 0.4) is 0 Å². The van der Waals surface area contributed by atoms with Crippen LogP contribution >= 0.6 is 0 Å². The van der Waals surface area contributed by atoms with Crippen LogP contribution in [0.5, 0.6) is 0 Å². The van der Waals surface area contributed by atoms with Gasteiger partial charge in [0.05, 0.1) is 11.1 Å². The summed E-state index contributed by atoms with van der Waals surface area (Å²) in [5.74, 6) is 0.307. The van der Waals surface area contributed by atoms with E-state index in [2.05, 4.69) is 4.98 Å². The van der Waals surface area contributed by atoms with Crippen LogP contribution in [0.25, 0.3) is 0 Å². The molecule has 1 aliphatic heterocycles. The van der Waals surface area contributed by atoms with E-state index in [1.54, 1.807) is 0 Å². The average molecular weight is 255 g/mol. The molecule has 2 heterocycles. The number of halogens is 3. The number of hydrogen-bond donors (Lipinski definition) is 0. The minimum Gasteiger partial charge on any atom is -0.357 e. The number of hydrogen-bond acceptors (Lipinski definition) is 3. The van der Waals surface area contributed by atoms with E-state index in [0.717, 1.165) is 44.6 Å². The Hall–Kier alpha value is -1.77. The first-order chi connectivity index (χ1) is 8.52. The van der Waals surface area contributed by atoms with Gasteiger partial charge in [-0.25, -0.2) is 4.98 Å². The topological polar surface area (TPSA) is 39.9 Å². The van der Waals surface area contributed by atoms with E-state index < -0.39 is 17.3 Å². The Morgan fingerprint density at radius 3 is 2.44 bits per heavy atom. The van der Waals surface area contributed by atoms with Crippen molar-refractivity contribution in [2.75, 3.05) is 18.0 Å². The zero-order valence-electron chi connectivity index (χ0n) is 9.67. The molecule has 1 aromatic rings. The summed E-state index contributed by atoms with van der Waals surface area (Å²) in [6, 6.07) is 2.51. The van der Waals surface area contributed by atoms with Gasteiger partial charge in [0, 0.05) is 19.3 Å². The standard InChI is InChI=1S/C12H12F3N3/c13-12(14,15)10-6-11(17-8-9(10)7-16)18-4-2-1-3-5-18/h6,8H,1-5H2. The van der Waals surface area contributed by atoms with Gasteiger partial charge in [-0.1, -0.05) is 0 Å². The molecule has 1 saturated heterocycles. The zero-order chi connectivity index (χ0) is 13.2. The fraction of sp³-hybridized carbons (Fsp3) is 0.500. The van der Waals surface area contributed by atoms with Gasteiger partial charge in [-0.05, 0) is 25.3 Å². The third kappa shape index (κ3) is 2.55. The fourth-order valence-corrected chi connectivity index (χ4v) is 2.06. The summed E-state index contributed by atoms with van der Waals surface area (Å²) in [4.78, 5) is 5.78. The number of alkyl halides is 3. The molecule has 0 saturated carbocycles. The number of pyridine rings is 1. The van der Waals surface area contributed by atoms with E-state index >= 15 is 0 Å². The largest absolute Gasteiger partial charge is 0.417 e. The molecule has 0 radical (unpaired) electrons. The number of anilines is 1. The van der Waals surface area contributed by atoms with Crippen LogP contribution in [-0.2, 0) is 6.18 Å². The van der Waals surface area contributed by atoms with Crippen LogP contribution in [0.2, 0.25) is 0 Å². The lowest BCUT2D eigenvalue weighted by molar-refractivity contribution is -0.137. The van der Waals surface area contributed by atoms with Crippen molar-refractivity contribution in [1.82, 2.24) is 4.98 Å². The highest BCUT2D eigenvalue weighted by Gasteiger charge is 2.34.